The molecule has 0 bridgehead atoms. The van der Waals surface area contributed by atoms with Crippen LogP contribution in [0, 0.1) is 0 Å². The number of thiazole rings is 1. The summed E-state index contributed by atoms with van der Waals surface area (Å²) in [5, 5.41) is 2.20. The number of carbonyl (C=O) groups is 1. The number of amides is 1. The molecule has 0 aromatic carbocycles. The summed E-state index contributed by atoms with van der Waals surface area (Å²) in [4.78, 5) is 24.0. The topological polar surface area (TPSA) is 95.5 Å². The number of methoxy groups -OCH3 is 2. The monoisotopic (exact) mass is 418 g/mol. The highest BCUT2D eigenvalue weighted by Crippen LogP contribution is 2.43. The molecule has 0 aliphatic carbocycles. The zero-order valence-corrected chi connectivity index (χ0v) is 15.8. The van der Waals surface area contributed by atoms with Gasteiger partial charge in [0.2, 0.25) is 11.8 Å². The zero-order chi connectivity index (χ0) is 20.3. The maximum absolute atomic E-state index is 13.5. The first-order valence-electron chi connectivity index (χ1n) is 8.25. The summed E-state index contributed by atoms with van der Waals surface area (Å²) in [5.74, 6) is -1.24. The maximum Gasteiger partial charge on any atom is 0.434 e. The lowest BCUT2D eigenvalue weighted by Crippen LogP contribution is -2.17. The molecule has 1 saturated heterocycles. The van der Waals surface area contributed by atoms with Crippen LogP contribution >= 0.6 is 11.3 Å². The van der Waals surface area contributed by atoms with Crippen molar-refractivity contribution in [3.05, 3.63) is 22.5 Å². The molecule has 0 atom stereocenters. The molecule has 1 N–H and O–H groups in total. The lowest BCUT2D eigenvalue weighted by atomic mass is 9.97. The summed E-state index contributed by atoms with van der Waals surface area (Å²) in [6.45, 7) is 0.772. The van der Waals surface area contributed by atoms with Crippen LogP contribution in [0.4, 0.5) is 18.3 Å². The summed E-state index contributed by atoms with van der Waals surface area (Å²) in [5.41, 5.74) is -1.12. The number of alkyl halides is 3. The fraction of sp³-hybridized carbons (Fsp3) is 0.500. The van der Waals surface area contributed by atoms with Gasteiger partial charge in [-0.3, -0.25) is 10.1 Å². The molecule has 28 heavy (non-hydrogen) atoms. The van der Waals surface area contributed by atoms with E-state index in [4.69, 9.17) is 14.2 Å². The highest BCUT2D eigenvalue weighted by atomic mass is 32.1. The molecule has 1 aliphatic heterocycles. The predicted molar refractivity (Wildman–Crippen MR) is 93.0 cm³/mol. The number of hydrogen-bond acceptors (Lipinski definition) is 8. The summed E-state index contributed by atoms with van der Waals surface area (Å²) >= 11 is 0.802. The molecule has 152 valence electrons. The Hall–Kier alpha value is -2.47. The summed E-state index contributed by atoms with van der Waals surface area (Å²) in [6.07, 6.45) is -2.55. The number of aromatic nitrogens is 3. The van der Waals surface area contributed by atoms with E-state index in [1.807, 2.05) is 0 Å². The number of nitrogens with one attached hydrogen (secondary N) is 1. The third-order valence-corrected chi connectivity index (χ3v) is 5.26. The molecule has 12 heteroatoms. The van der Waals surface area contributed by atoms with Crippen LogP contribution in [-0.2, 0) is 10.9 Å². The second-order valence-electron chi connectivity index (χ2n) is 5.84. The van der Waals surface area contributed by atoms with Crippen LogP contribution in [0.5, 0.6) is 11.8 Å². The van der Waals surface area contributed by atoms with Gasteiger partial charge in [-0.15, -0.1) is 11.3 Å². The largest absolute Gasteiger partial charge is 0.480 e. The first-order chi connectivity index (χ1) is 13.3. The second-order valence-corrected chi connectivity index (χ2v) is 6.87. The van der Waals surface area contributed by atoms with Crippen molar-refractivity contribution in [1.82, 2.24) is 15.0 Å². The Morgan fingerprint density at radius 1 is 1.21 bits per heavy atom. The van der Waals surface area contributed by atoms with Gasteiger partial charge in [0.1, 0.15) is 6.33 Å². The van der Waals surface area contributed by atoms with Gasteiger partial charge in [0.25, 0.3) is 5.91 Å². The van der Waals surface area contributed by atoms with Crippen LogP contribution < -0.4 is 14.8 Å². The normalized spacial score (nSPS) is 15.3. The van der Waals surface area contributed by atoms with Crippen LogP contribution in [0.2, 0.25) is 0 Å². The molecule has 2 aromatic rings. The van der Waals surface area contributed by atoms with Crippen LogP contribution in [-0.4, -0.2) is 48.3 Å². The molecule has 0 radical (unpaired) electrons. The lowest BCUT2D eigenvalue weighted by Gasteiger charge is -2.21. The molecule has 1 amide bonds. The molecule has 1 fully saturated rings. The van der Waals surface area contributed by atoms with Crippen molar-refractivity contribution in [3.8, 4) is 11.8 Å². The minimum Gasteiger partial charge on any atom is -0.480 e. The number of hydrogen-bond donors (Lipinski definition) is 1. The van der Waals surface area contributed by atoms with E-state index in [2.05, 4.69) is 20.3 Å². The van der Waals surface area contributed by atoms with E-state index in [1.165, 1.54) is 14.2 Å². The van der Waals surface area contributed by atoms with E-state index in [-0.39, 0.29) is 33.3 Å². The number of carbonyl (C=O) groups excluding carboxylic acids is 1. The molecule has 0 unspecified atom stereocenters. The van der Waals surface area contributed by atoms with Gasteiger partial charge in [-0.1, -0.05) is 0 Å². The zero-order valence-electron chi connectivity index (χ0n) is 15.0. The Morgan fingerprint density at radius 3 is 2.36 bits per heavy atom. The van der Waals surface area contributed by atoms with Crippen molar-refractivity contribution in [3.63, 3.8) is 0 Å². The smallest absolute Gasteiger partial charge is 0.434 e. The molecule has 0 spiro atoms. The first-order valence-corrected chi connectivity index (χ1v) is 9.06. The van der Waals surface area contributed by atoms with Gasteiger partial charge in [0.05, 0.1) is 14.2 Å². The van der Waals surface area contributed by atoms with Crippen LogP contribution in [0.25, 0.3) is 0 Å². The molecule has 8 nitrogen and oxygen atoms in total. The molecular weight excluding hydrogens is 401 g/mol. The highest BCUT2D eigenvalue weighted by molar-refractivity contribution is 7.16. The van der Waals surface area contributed by atoms with Gasteiger partial charge in [0.15, 0.2) is 16.4 Å². The van der Waals surface area contributed by atoms with Gasteiger partial charge in [-0.2, -0.15) is 13.2 Å². The molecule has 1 aliphatic rings. The van der Waals surface area contributed by atoms with Crippen LogP contribution in [0.3, 0.4) is 0 Å². The van der Waals surface area contributed by atoms with E-state index in [9.17, 15) is 18.0 Å². The SMILES string of the molecule is COc1ncnc(OC)c1C(=O)Nc1nc(C(F)(F)F)c(C2CCOCC2)s1. The van der Waals surface area contributed by atoms with E-state index in [1.54, 1.807) is 0 Å². The second kappa shape index (κ2) is 8.27. The van der Waals surface area contributed by atoms with Crippen molar-refractivity contribution in [1.29, 1.82) is 0 Å². The van der Waals surface area contributed by atoms with E-state index in [0.717, 1.165) is 17.7 Å². The Kier molecular flexibility index (Phi) is 5.98. The Balaban J connectivity index is 1.93. The highest BCUT2D eigenvalue weighted by Gasteiger charge is 2.40. The van der Waals surface area contributed by atoms with Gasteiger partial charge in [0, 0.05) is 18.1 Å². The number of nitrogens with zero attached hydrogens (tertiary/aromatic N) is 3. The quantitative estimate of drug-likeness (QED) is 0.797. The fourth-order valence-electron chi connectivity index (χ4n) is 2.84. The predicted octanol–water partition coefficient (Wildman–Crippen LogP) is 3.12. The van der Waals surface area contributed by atoms with Crippen molar-refractivity contribution in [2.24, 2.45) is 0 Å². The van der Waals surface area contributed by atoms with Crippen LogP contribution in [0.1, 0.15) is 39.7 Å². The van der Waals surface area contributed by atoms with Gasteiger partial charge < -0.3 is 14.2 Å². The fourth-order valence-corrected chi connectivity index (χ4v) is 3.99. The molecule has 2 aromatic heterocycles. The lowest BCUT2D eigenvalue weighted by molar-refractivity contribution is -0.141. The molecule has 3 heterocycles. The molecule has 0 saturated carbocycles. The third kappa shape index (κ3) is 4.17. The number of halogens is 3. The Morgan fingerprint density at radius 2 is 1.82 bits per heavy atom. The Bertz CT molecular complexity index is 831. The Labute approximate surface area is 162 Å². The van der Waals surface area contributed by atoms with Gasteiger partial charge >= 0.3 is 6.18 Å². The third-order valence-electron chi connectivity index (χ3n) is 4.13. The van der Waals surface area contributed by atoms with Crippen LogP contribution in [0.15, 0.2) is 6.33 Å². The minimum absolute atomic E-state index is 0.0680. The van der Waals surface area contributed by atoms with E-state index in [0.29, 0.717) is 26.1 Å². The maximum atomic E-state index is 13.5. The summed E-state index contributed by atoms with van der Waals surface area (Å²) in [7, 11) is 2.60. The first kappa shape index (κ1) is 20.3. The van der Waals surface area contributed by atoms with E-state index >= 15 is 0 Å². The van der Waals surface area contributed by atoms with Crippen molar-refractivity contribution < 1.29 is 32.2 Å². The summed E-state index contributed by atoms with van der Waals surface area (Å²) < 4.78 is 55.6. The average Bonchev–Trinajstić information content (AvgIpc) is 3.12. The standard InChI is InChI=1S/C16H17F3N4O4S/c1-25-13-9(14(26-2)21-7-20-13)12(24)23-15-22-11(16(17,18)19)10(28-15)8-3-5-27-6-4-8/h7-8H,3-6H2,1-2H3,(H,22,23,24). The van der Waals surface area contributed by atoms with Crippen molar-refractivity contribution >= 4 is 22.4 Å². The minimum atomic E-state index is -4.63. The number of rotatable bonds is 5. The van der Waals surface area contributed by atoms with Gasteiger partial charge in [-0.25, -0.2) is 15.0 Å². The summed E-state index contributed by atoms with van der Waals surface area (Å²) in [6, 6.07) is 0. The number of anilines is 1. The average molecular weight is 418 g/mol. The molecule has 3 rings (SSSR count). The van der Waals surface area contributed by atoms with E-state index < -0.39 is 17.8 Å². The number of ether oxygens (including phenoxy) is 3. The van der Waals surface area contributed by atoms with Crippen molar-refractivity contribution in [2.75, 3.05) is 32.8 Å². The van der Waals surface area contributed by atoms with Crippen molar-refractivity contribution in [2.45, 2.75) is 24.9 Å². The van der Waals surface area contributed by atoms with Gasteiger partial charge in [-0.05, 0) is 18.8 Å². The molecular formula is C16H17F3N4O4S.